The van der Waals surface area contributed by atoms with Crippen LogP contribution >= 0.6 is 0 Å². The first-order valence-electron chi connectivity index (χ1n) is 7.48. The van der Waals surface area contributed by atoms with Gasteiger partial charge in [0, 0.05) is 24.3 Å². The van der Waals surface area contributed by atoms with E-state index in [0.29, 0.717) is 5.92 Å². The largest absolute Gasteiger partial charge is 0.325 e. The van der Waals surface area contributed by atoms with Gasteiger partial charge in [-0.1, -0.05) is 26.0 Å². The number of carbonyl (C=O) groups is 1. The van der Waals surface area contributed by atoms with Crippen LogP contribution in [0.4, 0.5) is 5.69 Å². The van der Waals surface area contributed by atoms with Crippen molar-refractivity contribution >= 4 is 22.4 Å². The number of amides is 1. The summed E-state index contributed by atoms with van der Waals surface area (Å²) >= 11 is 0. The van der Waals surface area contributed by atoms with Crippen molar-refractivity contribution in [2.75, 3.05) is 18.4 Å². The summed E-state index contributed by atoms with van der Waals surface area (Å²) in [4.78, 5) is 17.0. The van der Waals surface area contributed by atoms with Crippen LogP contribution in [0.2, 0.25) is 0 Å². The number of pyridine rings is 1. The molecule has 0 spiro atoms. The van der Waals surface area contributed by atoms with Crippen LogP contribution in [0.3, 0.4) is 0 Å². The predicted octanol–water partition coefficient (Wildman–Crippen LogP) is 2.81. The standard InChI is InChI=1S/C17H21N3O/c1-12(2)17(7-9-19-11-17)16(21)20-15-5-3-4-13-6-8-18-10-14(13)15/h3-6,8,10,12,19H,7,9,11H2,1-2H3,(H,20,21). The Kier molecular flexibility index (Phi) is 3.64. The lowest BCUT2D eigenvalue weighted by molar-refractivity contribution is -0.126. The number of anilines is 1. The maximum atomic E-state index is 12.9. The van der Waals surface area contributed by atoms with Gasteiger partial charge < -0.3 is 10.6 Å². The summed E-state index contributed by atoms with van der Waals surface area (Å²) < 4.78 is 0. The average molecular weight is 283 g/mol. The molecule has 1 unspecified atom stereocenters. The third-order valence-electron chi connectivity index (χ3n) is 4.68. The molecule has 1 aromatic heterocycles. The molecule has 0 radical (unpaired) electrons. The highest BCUT2D eigenvalue weighted by Gasteiger charge is 2.43. The number of hydrogen-bond acceptors (Lipinski definition) is 3. The van der Waals surface area contributed by atoms with Gasteiger partial charge in [-0.15, -0.1) is 0 Å². The van der Waals surface area contributed by atoms with E-state index in [1.54, 1.807) is 12.4 Å². The Labute approximate surface area is 125 Å². The van der Waals surface area contributed by atoms with Crippen molar-refractivity contribution in [2.24, 2.45) is 11.3 Å². The number of rotatable bonds is 3. The second kappa shape index (κ2) is 5.45. The van der Waals surface area contributed by atoms with Crippen molar-refractivity contribution in [2.45, 2.75) is 20.3 Å². The summed E-state index contributed by atoms with van der Waals surface area (Å²) in [5, 5.41) is 8.53. The van der Waals surface area contributed by atoms with Gasteiger partial charge in [-0.2, -0.15) is 0 Å². The average Bonchev–Trinajstić information content (AvgIpc) is 2.98. The van der Waals surface area contributed by atoms with Crippen LogP contribution in [0.15, 0.2) is 36.7 Å². The molecule has 2 N–H and O–H groups in total. The Morgan fingerprint density at radius 1 is 1.38 bits per heavy atom. The van der Waals surface area contributed by atoms with Gasteiger partial charge in [0.05, 0.1) is 11.1 Å². The van der Waals surface area contributed by atoms with E-state index in [1.807, 2.05) is 24.3 Å². The van der Waals surface area contributed by atoms with E-state index in [-0.39, 0.29) is 11.3 Å². The Bertz CT molecular complexity index is 655. The second-order valence-electron chi connectivity index (χ2n) is 6.09. The third kappa shape index (κ3) is 2.40. The van der Waals surface area contributed by atoms with E-state index in [4.69, 9.17) is 0 Å². The molecule has 21 heavy (non-hydrogen) atoms. The van der Waals surface area contributed by atoms with Gasteiger partial charge in [0.15, 0.2) is 0 Å². The summed E-state index contributed by atoms with van der Waals surface area (Å²) in [5.74, 6) is 0.416. The minimum Gasteiger partial charge on any atom is -0.325 e. The number of fused-ring (bicyclic) bond motifs is 1. The zero-order chi connectivity index (χ0) is 14.9. The Morgan fingerprint density at radius 3 is 2.95 bits per heavy atom. The molecule has 1 fully saturated rings. The maximum absolute atomic E-state index is 12.9. The van der Waals surface area contributed by atoms with Gasteiger partial charge in [0.2, 0.25) is 5.91 Å². The molecule has 2 aromatic rings. The smallest absolute Gasteiger partial charge is 0.232 e. The quantitative estimate of drug-likeness (QED) is 0.910. The monoisotopic (exact) mass is 283 g/mol. The molecular formula is C17H21N3O. The number of carbonyl (C=O) groups excluding carboxylic acids is 1. The van der Waals surface area contributed by atoms with E-state index in [9.17, 15) is 4.79 Å². The minimum absolute atomic E-state index is 0.110. The highest BCUT2D eigenvalue weighted by molar-refractivity contribution is 6.04. The van der Waals surface area contributed by atoms with Gasteiger partial charge >= 0.3 is 0 Å². The molecule has 4 nitrogen and oxygen atoms in total. The highest BCUT2D eigenvalue weighted by Crippen LogP contribution is 2.36. The summed E-state index contributed by atoms with van der Waals surface area (Å²) in [5.41, 5.74) is 0.530. The molecule has 1 amide bonds. The molecular weight excluding hydrogens is 262 g/mol. The lowest BCUT2D eigenvalue weighted by Gasteiger charge is -2.31. The zero-order valence-electron chi connectivity index (χ0n) is 12.5. The third-order valence-corrected chi connectivity index (χ3v) is 4.68. The molecule has 110 valence electrons. The van der Waals surface area contributed by atoms with Gasteiger partial charge in [-0.3, -0.25) is 9.78 Å². The van der Waals surface area contributed by atoms with Crippen LogP contribution in [-0.2, 0) is 4.79 Å². The fourth-order valence-corrected chi connectivity index (χ4v) is 3.13. The van der Waals surface area contributed by atoms with Gasteiger partial charge in [0.25, 0.3) is 0 Å². The molecule has 1 aliphatic heterocycles. The molecule has 2 heterocycles. The highest BCUT2D eigenvalue weighted by atomic mass is 16.2. The molecule has 0 aliphatic carbocycles. The molecule has 1 aliphatic rings. The number of nitrogens with one attached hydrogen (secondary N) is 2. The van der Waals surface area contributed by atoms with Crippen LogP contribution in [0.5, 0.6) is 0 Å². The van der Waals surface area contributed by atoms with Crippen LogP contribution in [0.25, 0.3) is 10.8 Å². The summed E-state index contributed by atoms with van der Waals surface area (Å²) in [6, 6.07) is 7.90. The molecule has 1 aromatic carbocycles. The normalized spacial score (nSPS) is 21.9. The van der Waals surface area contributed by atoms with Crippen molar-refractivity contribution in [3.05, 3.63) is 36.7 Å². The topological polar surface area (TPSA) is 54.0 Å². The number of aromatic nitrogens is 1. The first-order valence-corrected chi connectivity index (χ1v) is 7.48. The minimum atomic E-state index is -0.315. The van der Waals surface area contributed by atoms with Crippen molar-refractivity contribution in [3.8, 4) is 0 Å². The molecule has 3 rings (SSSR count). The lowest BCUT2D eigenvalue weighted by atomic mass is 9.75. The van der Waals surface area contributed by atoms with Crippen LogP contribution in [-0.4, -0.2) is 24.0 Å². The van der Waals surface area contributed by atoms with Gasteiger partial charge in [-0.05, 0) is 36.4 Å². The molecule has 0 saturated carbocycles. The Balaban J connectivity index is 1.93. The van der Waals surface area contributed by atoms with E-state index >= 15 is 0 Å². The summed E-state index contributed by atoms with van der Waals surface area (Å²) in [7, 11) is 0. The fourth-order valence-electron chi connectivity index (χ4n) is 3.13. The first-order chi connectivity index (χ1) is 10.1. The zero-order valence-corrected chi connectivity index (χ0v) is 12.5. The number of benzene rings is 1. The van der Waals surface area contributed by atoms with Crippen molar-refractivity contribution in [1.82, 2.24) is 10.3 Å². The van der Waals surface area contributed by atoms with E-state index < -0.39 is 0 Å². The molecule has 1 atom stereocenters. The van der Waals surface area contributed by atoms with Gasteiger partial charge in [0.1, 0.15) is 0 Å². The summed E-state index contributed by atoms with van der Waals surface area (Å²) in [6.45, 7) is 5.90. The SMILES string of the molecule is CC(C)C1(C(=O)Nc2cccc3ccncc23)CCNC1. The summed E-state index contributed by atoms with van der Waals surface area (Å²) in [6.07, 6.45) is 4.46. The number of nitrogens with zero attached hydrogens (tertiary/aromatic N) is 1. The van der Waals surface area contributed by atoms with E-state index in [0.717, 1.165) is 36.0 Å². The van der Waals surface area contributed by atoms with Crippen molar-refractivity contribution in [3.63, 3.8) is 0 Å². The van der Waals surface area contributed by atoms with E-state index in [2.05, 4.69) is 29.5 Å². The lowest BCUT2D eigenvalue weighted by Crippen LogP contribution is -2.42. The predicted molar refractivity (Wildman–Crippen MR) is 85.1 cm³/mol. The second-order valence-corrected chi connectivity index (χ2v) is 6.09. The molecule has 0 bridgehead atoms. The Morgan fingerprint density at radius 2 is 2.24 bits per heavy atom. The number of hydrogen-bond donors (Lipinski definition) is 2. The fraction of sp³-hybridized carbons (Fsp3) is 0.412. The van der Waals surface area contributed by atoms with Crippen LogP contribution in [0, 0.1) is 11.3 Å². The Hall–Kier alpha value is -1.94. The van der Waals surface area contributed by atoms with Crippen molar-refractivity contribution < 1.29 is 4.79 Å². The first kappa shape index (κ1) is 14.0. The van der Waals surface area contributed by atoms with Crippen LogP contribution < -0.4 is 10.6 Å². The molecule has 1 saturated heterocycles. The van der Waals surface area contributed by atoms with Crippen LogP contribution in [0.1, 0.15) is 20.3 Å². The van der Waals surface area contributed by atoms with E-state index in [1.165, 1.54) is 0 Å². The molecule has 4 heteroatoms. The van der Waals surface area contributed by atoms with Crippen molar-refractivity contribution in [1.29, 1.82) is 0 Å². The maximum Gasteiger partial charge on any atom is 0.232 e. The van der Waals surface area contributed by atoms with Gasteiger partial charge in [-0.25, -0.2) is 0 Å².